The Morgan fingerprint density at radius 3 is 2.95 bits per heavy atom. The van der Waals surface area contributed by atoms with Crippen molar-refractivity contribution in [2.75, 3.05) is 31.1 Å². The molecular formula is C16H21N3O2S. The van der Waals surface area contributed by atoms with Crippen molar-refractivity contribution >= 4 is 32.7 Å². The van der Waals surface area contributed by atoms with Gasteiger partial charge in [-0.25, -0.2) is 4.98 Å². The van der Waals surface area contributed by atoms with Crippen molar-refractivity contribution in [1.29, 1.82) is 0 Å². The number of aliphatic carboxylic acids is 1. The Bertz CT molecular complexity index is 685. The molecule has 1 unspecified atom stereocenters. The van der Waals surface area contributed by atoms with Crippen LogP contribution in [0.1, 0.15) is 18.9 Å². The van der Waals surface area contributed by atoms with Crippen LogP contribution in [0.5, 0.6) is 0 Å². The third-order valence-electron chi connectivity index (χ3n) is 4.20. The maximum atomic E-state index is 10.7. The minimum atomic E-state index is -0.725. The quantitative estimate of drug-likeness (QED) is 0.939. The molecule has 1 aliphatic rings. The van der Waals surface area contributed by atoms with E-state index in [2.05, 4.69) is 41.8 Å². The zero-order valence-electron chi connectivity index (χ0n) is 13.0. The zero-order chi connectivity index (χ0) is 15.7. The SMILES string of the molecule is Cc1cccc2nc(N3CCN(CCC(=O)O)CC3C)sc12. The van der Waals surface area contributed by atoms with Gasteiger partial charge in [-0.15, -0.1) is 0 Å². The van der Waals surface area contributed by atoms with Crippen LogP contribution in [0.3, 0.4) is 0 Å². The van der Waals surface area contributed by atoms with Gasteiger partial charge in [0.2, 0.25) is 0 Å². The Morgan fingerprint density at radius 1 is 1.45 bits per heavy atom. The lowest BCUT2D eigenvalue weighted by Crippen LogP contribution is -2.52. The number of carboxylic acid groups (broad SMARTS) is 1. The Morgan fingerprint density at radius 2 is 2.27 bits per heavy atom. The normalized spacial score (nSPS) is 19.7. The van der Waals surface area contributed by atoms with Gasteiger partial charge < -0.3 is 10.0 Å². The summed E-state index contributed by atoms with van der Waals surface area (Å²) in [5, 5.41) is 9.88. The minimum absolute atomic E-state index is 0.215. The highest BCUT2D eigenvalue weighted by molar-refractivity contribution is 7.22. The molecule has 3 rings (SSSR count). The number of thiazole rings is 1. The summed E-state index contributed by atoms with van der Waals surface area (Å²) in [6.45, 7) is 7.63. The van der Waals surface area contributed by atoms with Crippen LogP contribution in [0.2, 0.25) is 0 Å². The molecule has 22 heavy (non-hydrogen) atoms. The topological polar surface area (TPSA) is 56.7 Å². The molecule has 1 atom stereocenters. The summed E-state index contributed by atoms with van der Waals surface area (Å²) in [5.41, 5.74) is 2.34. The third kappa shape index (κ3) is 3.08. The van der Waals surface area contributed by atoms with Gasteiger partial charge in [0.05, 0.1) is 16.6 Å². The van der Waals surface area contributed by atoms with Gasteiger partial charge in [0.15, 0.2) is 5.13 Å². The molecule has 5 nitrogen and oxygen atoms in total. The van der Waals surface area contributed by atoms with Gasteiger partial charge in [-0.05, 0) is 25.5 Å². The van der Waals surface area contributed by atoms with Gasteiger partial charge in [-0.3, -0.25) is 9.69 Å². The van der Waals surface area contributed by atoms with Gasteiger partial charge >= 0.3 is 5.97 Å². The average molecular weight is 319 g/mol. The molecule has 2 aromatic rings. The lowest BCUT2D eigenvalue weighted by atomic mass is 10.2. The number of piperazine rings is 1. The summed E-state index contributed by atoms with van der Waals surface area (Å²) >= 11 is 1.76. The average Bonchev–Trinajstić information content (AvgIpc) is 2.90. The minimum Gasteiger partial charge on any atom is -0.481 e. The van der Waals surface area contributed by atoms with Crippen molar-refractivity contribution in [2.45, 2.75) is 26.3 Å². The maximum absolute atomic E-state index is 10.7. The molecule has 0 bridgehead atoms. The van der Waals surface area contributed by atoms with Crippen molar-refractivity contribution in [3.05, 3.63) is 23.8 Å². The van der Waals surface area contributed by atoms with Crippen molar-refractivity contribution < 1.29 is 9.90 Å². The summed E-state index contributed by atoms with van der Waals surface area (Å²) in [6, 6.07) is 6.59. The first-order chi connectivity index (χ1) is 10.5. The van der Waals surface area contributed by atoms with E-state index < -0.39 is 5.97 Å². The Labute approximate surface area is 134 Å². The number of aromatic nitrogens is 1. The van der Waals surface area contributed by atoms with Gasteiger partial charge in [0.25, 0.3) is 0 Å². The Kier molecular flexibility index (Phi) is 4.31. The van der Waals surface area contributed by atoms with E-state index in [1.54, 1.807) is 11.3 Å². The fourth-order valence-electron chi connectivity index (χ4n) is 2.97. The van der Waals surface area contributed by atoms with Gasteiger partial charge in [0, 0.05) is 32.2 Å². The van der Waals surface area contributed by atoms with Crippen molar-refractivity contribution in [2.24, 2.45) is 0 Å². The molecule has 0 radical (unpaired) electrons. The molecule has 0 aliphatic carbocycles. The first kappa shape index (κ1) is 15.2. The number of rotatable bonds is 4. The van der Waals surface area contributed by atoms with Gasteiger partial charge in [-0.2, -0.15) is 0 Å². The van der Waals surface area contributed by atoms with E-state index in [-0.39, 0.29) is 6.42 Å². The van der Waals surface area contributed by atoms with Gasteiger partial charge in [0.1, 0.15) is 0 Å². The van der Waals surface area contributed by atoms with Crippen molar-refractivity contribution in [3.63, 3.8) is 0 Å². The fraction of sp³-hybridized carbons (Fsp3) is 0.500. The zero-order valence-corrected chi connectivity index (χ0v) is 13.8. The van der Waals surface area contributed by atoms with Crippen molar-refractivity contribution in [3.8, 4) is 0 Å². The number of carboxylic acids is 1. The molecule has 1 saturated heterocycles. The number of hydrogen-bond donors (Lipinski definition) is 1. The number of hydrogen-bond acceptors (Lipinski definition) is 5. The summed E-state index contributed by atoms with van der Waals surface area (Å²) in [6.07, 6.45) is 0.215. The highest BCUT2D eigenvalue weighted by atomic mass is 32.1. The summed E-state index contributed by atoms with van der Waals surface area (Å²) < 4.78 is 1.26. The van der Waals surface area contributed by atoms with Crippen LogP contribution in [0.25, 0.3) is 10.2 Å². The third-order valence-corrected chi connectivity index (χ3v) is 5.44. The molecule has 1 aromatic carbocycles. The predicted molar refractivity (Wildman–Crippen MR) is 89.9 cm³/mol. The van der Waals surface area contributed by atoms with Crippen LogP contribution in [-0.2, 0) is 4.79 Å². The number of carbonyl (C=O) groups is 1. The molecule has 118 valence electrons. The maximum Gasteiger partial charge on any atom is 0.304 e. The monoisotopic (exact) mass is 319 g/mol. The number of benzene rings is 1. The number of fused-ring (bicyclic) bond motifs is 1. The lowest BCUT2D eigenvalue weighted by Gasteiger charge is -2.39. The second-order valence-electron chi connectivity index (χ2n) is 5.91. The molecule has 0 spiro atoms. The first-order valence-corrected chi connectivity index (χ1v) is 8.43. The molecule has 1 aromatic heterocycles. The number of anilines is 1. The summed E-state index contributed by atoms with van der Waals surface area (Å²) in [5.74, 6) is -0.725. The van der Waals surface area contributed by atoms with E-state index in [0.717, 1.165) is 30.3 Å². The second kappa shape index (κ2) is 6.22. The van der Waals surface area contributed by atoms with Gasteiger partial charge in [-0.1, -0.05) is 23.5 Å². The smallest absolute Gasteiger partial charge is 0.304 e. The molecule has 1 N–H and O–H groups in total. The summed E-state index contributed by atoms with van der Waals surface area (Å²) in [7, 11) is 0. The van der Waals surface area contributed by atoms with E-state index in [0.29, 0.717) is 12.6 Å². The van der Waals surface area contributed by atoms with E-state index in [9.17, 15) is 4.79 Å². The molecule has 0 amide bonds. The lowest BCUT2D eigenvalue weighted by molar-refractivity contribution is -0.137. The molecule has 6 heteroatoms. The summed E-state index contributed by atoms with van der Waals surface area (Å²) in [4.78, 5) is 20.1. The van der Waals surface area contributed by atoms with Crippen LogP contribution in [0.15, 0.2) is 18.2 Å². The second-order valence-corrected chi connectivity index (χ2v) is 6.88. The number of aryl methyl sites for hydroxylation is 1. The van der Waals surface area contributed by atoms with Crippen LogP contribution in [-0.4, -0.2) is 53.2 Å². The standard InChI is InChI=1S/C16H21N3O2S/c1-11-4-3-5-13-15(11)22-16(17-13)19-9-8-18(10-12(19)2)7-6-14(20)21/h3-5,12H,6-10H2,1-2H3,(H,20,21). The first-order valence-electron chi connectivity index (χ1n) is 7.61. The molecule has 1 aliphatic heterocycles. The largest absolute Gasteiger partial charge is 0.481 e. The van der Waals surface area contributed by atoms with Crippen molar-refractivity contribution in [1.82, 2.24) is 9.88 Å². The van der Waals surface area contributed by atoms with Crippen LogP contribution in [0.4, 0.5) is 5.13 Å². The Balaban J connectivity index is 1.72. The Hall–Kier alpha value is -1.66. The van der Waals surface area contributed by atoms with Crippen LogP contribution >= 0.6 is 11.3 Å². The molecule has 1 fully saturated rings. The molecule has 2 heterocycles. The fourth-order valence-corrected chi connectivity index (χ4v) is 4.13. The van der Waals surface area contributed by atoms with E-state index in [1.807, 2.05) is 0 Å². The molecular weight excluding hydrogens is 298 g/mol. The van der Waals surface area contributed by atoms with E-state index >= 15 is 0 Å². The number of nitrogens with zero attached hydrogens (tertiary/aromatic N) is 3. The van der Waals surface area contributed by atoms with E-state index in [1.165, 1.54) is 10.3 Å². The molecule has 0 saturated carbocycles. The highest BCUT2D eigenvalue weighted by Crippen LogP contribution is 2.32. The van der Waals surface area contributed by atoms with Crippen LogP contribution in [0, 0.1) is 6.92 Å². The van der Waals surface area contributed by atoms with Crippen LogP contribution < -0.4 is 4.90 Å². The van der Waals surface area contributed by atoms with E-state index in [4.69, 9.17) is 10.1 Å². The predicted octanol–water partition coefficient (Wildman–Crippen LogP) is 2.59. The highest BCUT2D eigenvalue weighted by Gasteiger charge is 2.26.